The Morgan fingerprint density at radius 2 is 2.06 bits per heavy atom. The number of nitrogens with two attached hydrogens (primary N) is 1. The quantitative estimate of drug-likeness (QED) is 0.882. The smallest absolute Gasteiger partial charge is 0.369 e. The third-order valence-electron chi connectivity index (χ3n) is 2.03. The highest BCUT2D eigenvalue weighted by atomic mass is 35.5. The minimum absolute atomic E-state index is 0.178. The molecular formula is C10H9ClF3NO. The molecule has 16 heavy (non-hydrogen) atoms. The predicted octanol–water partition coefficient (Wildman–Crippen LogP) is 2.86. The summed E-state index contributed by atoms with van der Waals surface area (Å²) in [5.41, 5.74) is 5.12. The maximum absolute atomic E-state index is 12.2. The number of halogens is 4. The summed E-state index contributed by atoms with van der Waals surface area (Å²) in [5, 5.41) is 0.269. The molecule has 1 aromatic carbocycles. The second-order valence-corrected chi connectivity index (χ2v) is 3.77. The first-order chi connectivity index (χ1) is 7.29. The standard InChI is InChI=1S/C10H9ClF3NO/c11-7-3-1-2-6(4-7)8(9(15)16)5-10(12,13)14/h1-4,8H,5H2,(H2,15,16). The van der Waals surface area contributed by atoms with Crippen molar-refractivity contribution < 1.29 is 18.0 Å². The van der Waals surface area contributed by atoms with E-state index in [0.29, 0.717) is 0 Å². The number of benzene rings is 1. The predicted molar refractivity (Wildman–Crippen MR) is 54.1 cm³/mol. The lowest BCUT2D eigenvalue weighted by Crippen LogP contribution is -2.26. The van der Waals surface area contributed by atoms with Crippen molar-refractivity contribution in [1.82, 2.24) is 0 Å². The Morgan fingerprint density at radius 3 is 2.50 bits per heavy atom. The summed E-state index contributed by atoms with van der Waals surface area (Å²) in [5.74, 6) is -2.40. The van der Waals surface area contributed by atoms with Gasteiger partial charge in [-0.2, -0.15) is 13.2 Å². The summed E-state index contributed by atoms with van der Waals surface area (Å²) in [6.07, 6.45) is -5.72. The molecule has 0 aliphatic rings. The van der Waals surface area contributed by atoms with Gasteiger partial charge in [-0.3, -0.25) is 4.79 Å². The second kappa shape index (κ2) is 4.74. The third-order valence-corrected chi connectivity index (χ3v) is 2.27. The van der Waals surface area contributed by atoms with Crippen molar-refractivity contribution in [1.29, 1.82) is 0 Å². The van der Waals surface area contributed by atoms with Crippen LogP contribution in [0.2, 0.25) is 5.02 Å². The van der Waals surface area contributed by atoms with Gasteiger partial charge in [0.25, 0.3) is 0 Å². The lowest BCUT2D eigenvalue weighted by atomic mass is 9.95. The number of alkyl halides is 3. The largest absolute Gasteiger partial charge is 0.390 e. The Labute approximate surface area is 95.2 Å². The molecule has 2 nitrogen and oxygen atoms in total. The van der Waals surface area contributed by atoms with Crippen LogP contribution >= 0.6 is 11.6 Å². The summed E-state index contributed by atoms with van der Waals surface area (Å²) in [7, 11) is 0. The van der Waals surface area contributed by atoms with E-state index in [1.807, 2.05) is 0 Å². The molecule has 1 unspecified atom stereocenters. The molecule has 0 saturated carbocycles. The molecule has 0 fully saturated rings. The van der Waals surface area contributed by atoms with Crippen LogP contribution in [0.4, 0.5) is 13.2 Å². The van der Waals surface area contributed by atoms with E-state index in [0.717, 1.165) is 0 Å². The number of hydrogen-bond donors (Lipinski definition) is 1. The molecule has 1 aromatic rings. The first kappa shape index (κ1) is 12.8. The highest BCUT2D eigenvalue weighted by Gasteiger charge is 2.35. The first-order valence-electron chi connectivity index (χ1n) is 4.41. The van der Waals surface area contributed by atoms with E-state index >= 15 is 0 Å². The minimum atomic E-state index is -4.44. The zero-order valence-corrected chi connectivity index (χ0v) is 8.85. The molecule has 0 aromatic heterocycles. The number of amides is 1. The van der Waals surface area contributed by atoms with Crippen molar-refractivity contribution >= 4 is 17.5 Å². The van der Waals surface area contributed by atoms with Gasteiger partial charge in [0.15, 0.2) is 0 Å². The van der Waals surface area contributed by atoms with Gasteiger partial charge in [0.2, 0.25) is 5.91 Å². The zero-order chi connectivity index (χ0) is 12.3. The van der Waals surface area contributed by atoms with Gasteiger partial charge in [-0.15, -0.1) is 0 Å². The van der Waals surface area contributed by atoms with Gasteiger partial charge in [-0.1, -0.05) is 23.7 Å². The van der Waals surface area contributed by atoms with Gasteiger partial charge < -0.3 is 5.73 Å². The Hall–Kier alpha value is -1.23. The first-order valence-corrected chi connectivity index (χ1v) is 4.79. The minimum Gasteiger partial charge on any atom is -0.369 e. The van der Waals surface area contributed by atoms with Crippen LogP contribution in [0, 0.1) is 0 Å². The molecule has 0 aliphatic heterocycles. The van der Waals surface area contributed by atoms with Crippen LogP contribution in [0.5, 0.6) is 0 Å². The molecule has 0 bridgehead atoms. The number of carbonyl (C=O) groups is 1. The summed E-state index contributed by atoms with van der Waals surface area (Å²) in [6.45, 7) is 0. The Kier molecular flexibility index (Phi) is 3.80. The highest BCUT2D eigenvalue weighted by Crippen LogP contribution is 2.31. The van der Waals surface area contributed by atoms with E-state index in [-0.39, 0.29) is 10.6 Å². The molecule has 1 atom stereocenters. The Balaban J connectivity index is 2.99. The second-order valence-electron chi connectivity index (χ2n) is 3.33. The fourth-order valence-electron chi connectivity index (χ4n) is 1.34. The molecule has 88 valence electrons. The van der Waals surface area contributed by atoms with Crippen LogP contribution in [-0.2, 0) is 4.79 Å². The molecule has 0 spiro atoms. The van der Waals surface area contributed by atoms with Crippen LogP contribution in [0.1, 0.15) is 17.9 Å². The molecule has 6 heteroatoms. The topological polar surface area (TPSA) is 43.1 Å². The van der Waals surface area contributed by atoms with E-state index in [9.17, 15) is 18.0 Å². The zero-order valence-electron chi connectivity index (χ0n) is 8.09. The van der Waals surface area contributed by atoms with Crippen LogP contribution in [-0.4, -0.2) is 12.1 Å². The molecule has 0 heterocycles. The Morgan fingerprint density at radius 1 is 1.44 bits per heavy atom. The van der Waals surface area contributed by atoms with Crippen LogP contribution < -0.4 is 5.73 Å². The number of primary amides is 1. The van der Waals surface area contributed by atoms with Crippen molar-refractivity contribution in [3.8, 4) is 0 Å². The summed E-state index contributed by atoms with van der Waals surface area (Å²) in [4.78, 5) is 11.0. The van der Waals surface area contributed by atoms with E-state index < -0.39 is 24.4 Å². The molecule has 1 amide bonds. The normalized spacial score (nSPS) is 13.5. The van der Waals surface area contributed by atoms with Crippen molar-refractivity contribution in [2.24, 2.45) is 5.73 Å². The van der Waals surface area contributed by atoms with Crippen molar-refractivity contribution in [2.75, 3.05) is 0 Å². The van der Waals surface area contributed by atoms with Crippen molar-refractivity contribution in [3.63, 3.8) is 0 Å². The summed E-state index contributed by atoms with van der Waals surface area (Å²) >= 11 is 5.63. The summed E-state index contributed by atoms with van der Waals surface area (Å²) < 4.78 is 36.6. The SMILES string of the molecule is NC(=O)C(CC(F)(F)F)c1cccc(Cl)c1. The molecule has 1 rings (SSSR count). The maximum Gasteiger partial charge on any atom is 0.390 e. The van der Waals surface area contributed by atoms with Gasteiger partial charge in [0.1, 0.15) is 0 Å². The van der Waals surface area contributed by atoms with E-state index in [1.165, 1.54) is 24.3 Å². The third kappa shape index (κ3) is 3.73. The average molecular weight is 252 g/mol. The van der Waals surface area contributed by atoms with Crippen molar-refractivity contribution in [2.45, 2.75) is 18.5 Å². The molecule has 0 aliphatic carbocycles. The molecular weight excluding hydrogens is 243 g/mol. The van der Waals surface area contributed by atoms with E-state index in [1.54, 1.807) is 0 Å². The van der Waals surface area contributed by atoms with Crippen LogP contribution in [0.25, 0.3) is 0 Å². The highest BCUT2D eigenvalue weighted by molar-refractivity contribution is 6.30. The van der Waals surface area contributed by atoms with Gasteiger partial charge >= 0.3 is 6.18 Å². The van der Waals surface area contributed by atoms with Gasteiger partial charge in [-0.05, 0) is 17.7 Å². The molecule has 0 radical (unpaired) electrons. The average Bonchev–Trinajstić information content (AvgIpc) is 2.12. The summed E-state index contributed by atoms with van der Waals surface area (Å²) in [6, 6.07) is 5.69. The monoisotopic (exact) mass is 251 g/mol. The fraction of sp³-hybridized carbons (Fsp3) is 0.300. The fourth-order valence-corrected chi connectivity index (χ4v) is 1.54. The number of rotatable bonds is 3. The lowest BCUT2D eigenvalue weighted by Gasteiger charge is -2.15. The maximum atomic E-state index is 12.2. The van der Waals surface area contributed by atoms with E-state index in [4.69, 9.17) is 17.3 Å². The molecule has 2 N–H and O–H groups in total. The van der Waals surface area contributed by atoms with Crippen LogP contribution in [0.15, 0.2) is 24.3 Å². The molecule has 0 saturated heterocycles. The van der Waals surface area contributed by atoms with E-state index in [2.05, 4.69) is 0 Å². The van der Waals surface area contributed by atoms with Gasteiger partial charge in [0.05, 0.1) is 12.3 Å². The van der Waals surface area contributed by atoms with Gasteiger partial charge in [0, 0.05) is 5.02 Å². The lowest BCUT2D eigenvalue weighted by molar-refractivity contribution is -0.146. The van der Waals surface area contributed by atoms with Crippen LogP contribution in [0.3, 0.4) is 0 Å². The number of carbonyl (C=O) groups excluding carboxylic acids is 1. The number of hydrogen-bond acceptors (Lipinski definition) is 1. The van der Waals surface area contributed by atoms with Crippen molar-refractivity contribution in [3.05, 3.63) is 34.9 Å². The Bertz CT molecular complexity index is 392. The van der Waals surface area contributed by atoms with Gasteiger partial charge in [-0.25, -0.2) is 0 Å².